The largest absolute Gasteiger partial charge is 1.00 e. The summed E-state index contributed by atoms with van der Waals surface area (Å²) in [5, 5.41) is 25.0. The van der Waals surface area contributed by atoms with Crippen LogP contribution in [0, 0.1) is 0 Å². The number of carboxylic acid groups (broad SMARTS) is 2. The van der Waals surface area contributed by atoms with Crippen LogP contribution in [-0.4, -0.2) is 87.8 Å². The predicted molar refractivity (Wildman–Crippen MR) is 156 cm³/mol. The maximum absolute atomic E-state index is 11.9. The third-order valence-corrected chi connectivity index (χ3v) is 6.03. The van der Waals surface area contributed by atoms with Crippen LogP contribution in [0.1, 0.15) is 88.3 Å². The minimum absolute atomic E-state index is 0. The molecule has 2 aliphatic rings. The quantitative estimate of drug-likeness (QED) is 0.0504. The molecular formula is C30H35N3Na2O13. The first-order valence-corrected chi connectivity index (χ1v) is 13.9. The van der Waals surface area contributed by atoms with Crippen molar-refractivity contribution >= 4 is 48.1 Å². The van der Waals surface area contributed by atoms with Crippen LogP contribution < -0.4 is 70.1 Å². The van der Waals surface area contributed by atoms with Gasteiger partial charge in [-0.05, 0) is 63.4 Å². The van der Waals surface area contributed by atoms with Gasteiger partial charge in [-0.1, -0.05) is 24.3 Å². The van der Waals surface area contributed by atoms with E-state index in [9.17, 15) is 33.6 Å². The van der Waals surface area contributed by atoms with Gasteiger partial charge < -0.3 is 32.3 Å². The summed E-state index contributed by atoms with van der Waals surface area (Å²) in [7, 11) is 0. The first-order chi connectivity index (χ1) is 22.0. The molecule has 2 aromatic rings. The van der Waals surface area contributed by atoms with Gasteiger partial charge in [-0.15, -0.1) is 0 Å². The van der Waals surface area contributed by atoms with Crippen molar-refractivity contribution in [1.82, 2.24) is 9.80 Å². The summed E-state index contributed by atoms with van der Waals surface area (Å²) in [5.41, 5.74) is 6.46. The Bertz CT molecular complexity index is 1360. The maximum atomic E-state index is 11.9. The molecule has 0 aromatic heterocycles. The molecule has 5 amide bonds. The van der Waals surface area contributed by atoms with Crippen LogP contribution in [0.5, 0.6) is 0 Å². The van der Waals surface area contributed by atoms with Crippen molar-refractivity contribution in [3.8, 4) is 0 Å². The minimum atomic E-state index is -0.922. The molecule has 0 bridgehead atoms. The van der Waals surface area contributed by atoms with Gasteiger partial charge in [0.15, 0.2) is 0 Å². The van der Waals surface area contributed by atoms with Gasteiger partial charge in [-0.2, -0.15) is 4.90 Å². The van der Waals surface area contributed by atoms with Crippen molar-refractivity contribution in [3.63, 3.8) is 0 Å². The molecule has 0 radical (unpaired) electrons. The topological polar surface area (TPSA) is 251 Å². The smallest absolute Gasteiger partial charge is 1.00 e. The number of unbranched alkanes of at least 4 members (excludes halogenated alkanes) is 2. The fourth-order valence-corrected chi connectivity index (χ4v) is 3.95. The summed E-state index contributed by atoms with van der Waals surface area (Å²) in [6, 6.07) is 13.0. The Balaban J connectivity index is -0.000000628. The number of carboxylic acids is 2. The number of carbonyl (C=O) groups excluding carboxylic acids is 6. The summed E-state index contributed by atoms with van der Waals surface area (Å²) in [5.74, 6) is -3.43. The first-order valence-electron chi connectivity index (χ1n) is 13.9. The molecule has 0 saturated carbocycles. The molecule has 16 nitrogen and oxygen atoms in total. The number of hydrogen-bond donors (Lipinski definition) is 3. The molecular weight excluding hydrogens is 656 g/mol. The average molecular weight is 692 g/mol. The number of rotatable bonds is 11. The summed E-state index contributed by atoms with van der Waals surface area (Å²) >= 11 is 0. The van der Waals surface area contributed by atoms with Gasteiger partial charge in [0.2, 0.25) is 0 Å². The van der Waals surface area contributed by atoms with Gasteiger partial charge in [0.25, 0.3) is 30.1 Å². The first kappa shape index (κ1) is 46.6. The predicted octanol–water partition coefficient (Wildman–Crippen LogP) is -4.27. The number of aliphatic carboxylic acids is 2. The van der Waals surface area contributed by atoms with Crippen molar-refractivity contribution in [2.24, 2.45) is 5.73 Å². The van der Waals surface area contributed by atoms with Crippen LogP contribution in [0.2, 0.25) is 0 Å². The zero-order valence-electron chi connectivity index (χ0n) is 27.9. The van der Waals surface area contributed by atoms with E-state index in [0.717, 1.165) is 6.42 Å². The molecule has 48 heavy (non-hydrogen) atoms. The summed E-state index contributed by atoms with van der Waals surface area (Å²) in [6.45, 7) is 2.41. The number of carbonyl (C=O) groups is 8. The van der Waals surface area contributed by atoms with Crippen molar-refractivity contribution in [2.75, 3.05) is 19.7 Å². The zero-order valence-corrected chi connectivity index (χ0v) is 30.9. The standard InChI is InChI=1S/C13H13NO4.C11H9NO4.C5H11NO2.CH2O3.2Na.H/c15-11(16)7-3-4-8-14-12(17)9-5-1-2-6-10(9)13(14)18;1-2-16-11(15)12-9(13)7-5-3-4-6-8(7)10(12)14;6-4-2-1-3-5(7)8;2-1-4-3;;;/h1-2,5-6H,3-4,7-8H2,(H,15,16);3-6H,2H2,1H3;1-4,6H2,(H,7,8);1,3H;;;/q;;;;2*+1;-1/p-1. The Morgan fingerprint density at radius 1 is 0.771 bits per heavy atom. The molecule has 2 aliphatic heterocycles. The average Bonchev–Trinajstić information content (AvgIpc) is 3.44. The molecule has 0 aliphatic carbocycles. The fourth-order valence-electron chi connectivity index (χ4n) is 3.95. The van der Waals surface area contributed by atoms with Crippen LogP contribution in [0.4, 0.5) is 4.79 Å². The van der Waals surface area contributed by atoms with Gasteiger partial charge in [-0.25, -0.2) is 4.79 Å². The summed E-state index contributed by atoms with van der Waals surface area (Å²) in [6.07, 6.45) is 1.87. The van der Waals surface area contributed by atoms with E-state index in [4.69, 9.17) is 26.0 Å². The third kappa shape index (κ3) is 14.7. The number of nitrogens with zero attached hydrogens (tertiary/aromatic N) is 2. The monoisotopic (exact) mass is 691 g/mol. The molecule has 18 heteroatoms. The Labute approximate surface area is 321 Å². The van der Waals surface area contributed by atoms with E-state index >= 15 is 0 Å². The Hall–Kier alpha value is -3.48. The van der Waals surface area contributed by atoms with Crippen LogP contribution in [0.3, 0.4) is 0 Å². The van der Waals surface area contributed by atoms with Gasteiger partial charge in [0, 0.05) is 19.4 Å². The Kier molecular flexibility index (Phi) is 24.8. The van der Waals surface area contributed by atoms with E-state index in [1.165, 1.54) is 17.0 Å². The number of fused-ring (bicyclic) bond motifs is 2. The van der Waals surface area contributed by atoms with E-state index in [1.807, 2.05) is 0 Å². The molecule has 0 saturated heterocycles. The SMILES string of the molecule is CCOC(=O)N1C(=O)c2ccccc2C1=O.NCCCCC(=O)O.O=C(O)CCCCN1C(=O)c2ccccc2C1=O.O=CO[O-].[H-].[Na+].[Na+]. The molecule has 0 atom stereocenters. The minimum Gasteiger partial charge on any atom is -1.00 e. The van der Waals surface area contributed by atoms with E-state index < -0.39 is 29.8 Å². The van der Waals surface area contributed by atoms with Gasteiger partial charge in [0.1, 0.15) is 0 Å². The van der Waals surface area contributed by atoms with Crippen molar-refractivity contribution < 1.29 is 124 Å². The Morgan fingerprint density at radius 2 is 1.15 bits per heavy atom. The zero-order chi connectivity index (χ0) is 34.6. The summed E-state index contributed by atoms with van der Waals surface area (Å²) < 4.78 is 4.64. The van der Waals surface area contributed by atoms with Crippen LogP contribution >= 0.6 is 0 Å². The maximum Gasteiger partial charge on any atom is 1.00 e. The van der Waals surface area contributed by atoms with Crippen molar-refractivity contribution in [2.45, 2.75) is 45.4 Å². The van der Waals surface area contributed by atoms with E-state index in [0.29, 0.717) is 41.8 Å². The van der Waals surface area contributed by atoms with Gasteiger partial charge in [-0.3, -0.25) is 38.5 Å². The molecule has 0 fully saturated rings. The number of nitrogens with two attached hydrogens (primary N) is 1. The van der Waals surface area contributed by atoms with Crippen LogP contribution in [0.25, 0.3) is 0 Å². The molecule has 0 unspecified atom stereocenters. The molecule has 4 N–H and O–H groups in total. The summed E-state index contributed by atoms with van der Waals surface area (Å²) in [4.78, 5) is 91.8. The Morgan fingerprint density at radius 3 is 1.48 bits per heavy atom. The van der Waals surface area contributed by atoms with E-state index in [1.54, 1.807) is 43.3 Å². The molecule has 2 aromatic carbocycles. The van der Waals surface area contributed by atoms with Crippen LogP contribution in [0.15, 0.2) is 48.5 Å². The molecule has 250 valence electrons. The van der Waals surface area contributed by atoms with Crippen molar-refractivity contribution in [1.29, 1.82) is 0 Å². The van der Waals surface area contributed by atoms with Crippen LogP contribution in [-0.2, 0) is 24.0 Å². The number of imide groups is 4. The van der Waals surface area contributed by atoms with Gasteiger partial charge in [0.05, 0.1) is 28.9 Å². The normalized spacial score (nSPS) is 11.8. The third-order valence-electron chi connectivity index (χ3n) is 6.03. The van der Waals surface area contributed by atoms with E-state index in [-0.39, 0.29) is 116 Å². The second-order valence-corrected chi connectivity index (χ2v) is 9.18. The second kappa shape index (κ2) is 25.5. The number of benzene rings is 2. The number of hydrogen-bond acceptors (Lipinski definition) is 12. The number of amides is 5. The molecule has 2 heterocycles. The molecule has 0 spiro atoms. The molecule has 4 rings (SSSR count). The fraction of sp³-hybridized carbons (Fsp3) is 0.333. The van der Waals surface area contributed by atoms with E-state index in [2.05, 4.69) is 9.62 Å². The van der Waals surface area contributed by atoms with Gasteiger partial charge >= 0.3 is 77.1 Å². The number of ether oxygens (including phenoxy) is 1. The van der Waals surface area contributed by atoms with Crippen molar-refractivity contribution in [3.05, 3.63) is 70.8 Å². The second-order valence-electron chi connectivity index (χ2n) is 9.18.